The van der Waals surface area contributed by atoms with Crippen molar-refractivity contribution in [3.63, 3.8) is 0 Å². The highest BCUT2D eigenvalue weighted by molar-refractivity contribution is 7.98. The zero-order chi connectivity index (χ0) is 14.7. The zero-order valence-corrected chi connectivity index (χ0v) is 13.0. The molecule has 0 atom stereocenters. The highest BCUT2D eigenvalue weighted by atomic mass is 32.2. The molecule has 0 radical (unpaired) electrons. The van der Waals surface area contributed by atoms with E-state index in [9.17, 15) is 0 Å². The number of nitrogens with two attached hydrogens (primary N) is 1. The molecule has 0 fully saturated rings. The van der Waals surface area contributed by atoms with Crippen molar-refractivity contribution in [2.75, 3.05) is 12.8 Å². The molecule has 0 unspecified atom stereocenters. The second kappa shape index (κ2) is 6.24. The first kappa shape index (κ1) is 14.0. The van der Waals surface area contributed by atoms with E-state index < -0.39 is 0 Å². The molecule has 3 rings (SSSR count). The van der Waals surface area contributed by atoms with E-state index >= 15 is 0 Å². The Bertz CT molecular complexity index is 723. The Kier molecular flexibility index (Phi) is 4.17. The van der Waals surface area contributed by atoms with Crippen LogP contribution in [0.1, 0.15) is 5.69 Å². The molecule has 0 saturated heterocycles. The van der Waals surface area contributed by atoms with Crippen molar-refractivity contribution >= 4 is 28.8 Å². The van der Waals surface area contributed by atoms with E-state index in [0.29, 0.717) is 5.69 Å². The van der Waals surface area contributed by atoms with Gasteiger partial charge in [-0.2, -0.15) is 0 Å². The summed E-state index contributed by atoms with van der Waals surface area (Å²) < 4.78 is 10.7. The van der Waals surface area contributed by atoms with Crippen LogP contribution in [0.4, 0.5) is 5.69 Å². The lowest BCUT2D eigenvalue weighted by Crippen LogP contribution is -1.90. The van der Waals surface area contributed by atoms with Crippen LogP contribution in [0.3, 0.4) is 0 Å². The van der Waals surface area contributed by atoms with Crippen LogP contribution in [0.2, 0.25) is 0 Å². The van der Waals surface area contributed by atoms with E-state index in [2.05, 4.69) is 5.16 Å². The predicted molar refractivity (Wildman–Crippen MR) is 86.8 cm³/mol. The molecule has 2 N–H and O–H groups in total. The highest BCUT2D eigenvalue weighted by Gasteiger charge is 2.10. The number of ether oxygens (including phenoxy) is 1. The third-order valence-electron chi connectivity index (χ3n) is 2.89. The largest absolute Gasteiger partial charge is 0.496 e. The molecule has 0 aliphatic carbocycles. The molecule has 0 bridgehead atoms. The molecule has 0 spiro atoms. The molecule has 0 aliphatic heterocycles. The fourth-order valence-electron chi connectivity index (χ4n) is 1.87. The van der Waals surface area contributed by atoms with Crippen LogP contribution in [0, 0.1) is 0 Å². The molecule has 21 heavy (non-hydrogen) atoms. The lowest BCUT2D eigenvalue weighted by Gasteiger charge is -2.07. The van der Waals surface area contributed by atoms with Gasteiger partial charge < -0.3 is 15.0 Å². The van der Waals surface area contributed by atoms with Gasteiger partial charge in [-0.15, -0.1) is 23.1 Å². The Morgan fingerprint density at radius 3 is 3.00 bits per heavy atom. The molecule has 4 nitrogen and oxygen atoms in total. The number of aromatic nitrogens is 1. The molecule has 3 aromatic rings. The molecular formula is C15H14N2O2S2. The van der Waals surface area contributed by atoms with Gasteiger partial charge in [-0.1, -0.05) is 11.2 Å². The summed E-state index contributed by atoms with van der Waals surface area (Å²) in [5.74, 6) is 2.31. The normalized spacial score (nSPS) is 10.7. The Labute approximate surface area is 130 Å². The van der Waals surface area contributed by atoms with Crippen LogP contribution in [0.15, 0.2) is 51.2 Å². The number of methoxy groups -OCH3 is 1. The summed E-state index contributed by atoms with van der Waals surface area (Å²) in [5.41, 5.74) is 7.35. The highest BCUT2D eigenvalue weighted by Crippen LogP contribution is 2.34. The topological polar surface area (TPSA) is 61.3 Å². The van der Waals surface area contributed by atoms with Crippen LogP contribution in [0.25, 0.3) is 10.6 Å². The zero-order valence-electron chi connectivity index (χ0n) is 11.4. The number of hydrogen-bond donors (Lipinski definition) is 1. The lowest BCUT2D eigenvalue weighted by atomic mass is 10.3. The van der Waals surface area contributed by atoms with E-state index in [1.807, 2.05) is 41.8 Å². The van der Waals surface area contributed by atoms with Crippen LogP contribution >= 0.6 is 23.1 Å². The Morgan fingerprint density at radius 2 is 2.24 bits per heavy atom. The van der Waals surface area contributed by atoms with E-state index in [0.717, 1.165) is 32.7 Å². The molecule has 0 amide bonds. The smallest absolute Gasteiger partial charge is 0.177 e. The van der Waals surface area contributed by atoms with Gasteiger partial charge in [-0.25, -0.2) is 0 Å². The van der Waals surface area contributed by atoms with Gasteiger partial charge in [0.25, 0.3) is 0 Å². The third-order valence-corrected chi connectivity index (χ3v) is 4.86. The van der Waals surface area contributed by atoms with Gasteiger partial charge in [0.05, 0.1) is 17.7 Å². The minimum absolute atomic E-state index is 0.692. The number of nitrogen functional groups attached to an aromatic ring is 1. The SMILES string of the molecule is COc1cc(N)ccc1SCc1cc(-c2cccs2)on1. The molecule has 108 valence electrons. The third kappa shape index (κ3) is 3.22. The van der Waals surface area contributed by atoms with Crippen LogP contribution in [-0.2, 0) is 5.75 Å². The summed E-state index contributed by atoms with van der Waals surface area (Å²) in [6.07, 6.45) is 0. The summed E-state index contributed by atoms with van der Waals surface area (Å²) in [6.45, 7) is 0. The fourth-order valence-corrected chi connectivity index (χ4v) is 3.43. The quantitative estimate of drug-likeness (QED) is 0.562. The lowest BCUT2D eigenvalue weighted by molar-refractivity contribution is 0.405. The Morgan fingerprint density at radius 1 is 1.33 bits per heavy atom. The molecule has 2 aromatic heterocycles. The van der Waals surface area contributed by atoms with Gasteiger partial charge in [0, 0.05) is 28.5 Å². The number of benzene rings is 1. The summed E-state index contributed by atoms with van der Waals surface area (Å²) >= 11 is 3.28. The number of thioether (sulfide) groups is 1. The van der Waals surface area contributed by atoms with Crippen molar-refractivity contribution in [2.24, 2.45) is 0 Å². The second-order valence-electron chi connectivity index (χ2n) is 4.36. The van der Waals surface area contributed by atoms with E-state index in [1.54, 1.807) is 30.2 Å². The van der Waals surface area contributed by atoms with Crippen molar-refractivity contribution in [1.29, 1.82) is 0 Å². The van der Waals surface area contributed by atoms with E-state index in [-0.39, 0.29) is 0 Å². The molecule has 6 heteroatoms. The van der Waals surface area contributed by atoms with Crippen molar-refractivity contribution in [3.8, 4) is 16.4 Å². The standard InChI is InChI=1S/C15H14N2O2S2/c1-18-12-7-10(16)4-5-15(12)21-9-11-8-13(19-17-11)14-3-2-6-20-14/h2-8H,9,16H2,1H3. The number of nitrogens with zero attached hydrogens (tertiary/aromatic N) is 1. The van der Waals surface area contributed by atoms with Gasteiger partial charge in [0.1, 0.15) is 5.75 Å². The number of anilines is 1. The van der Waals surface area contributed by atoms with Gasteiger partial charge in [-0.3, -0.25) is 0 Å². The number of thiophene rings is 1. The van der Waals surface area contributed by atoms with Gasteiger partial charge >= 0.3 is 0 Å². The Balaban J connectivity index is 1.71. The summed E-state index contributed by atoms with van der Waals surface area (Å²) in [4.78, 5) is 2.12. The van der Waals surface area contributed by atoms with Crippen molar-refractivity contribution in [2.45, 2.75) is 10.6 Å². The van der Waals surface area contributed by atoms with Crippen LogP contribution in [0.5, 0.6) is 5.75 Å². The minimum Gasteiger partial charge on any atom is -0.496 e. The van der Waals surface area contributed by atoms with Gasteiger partial charge in [0.15, 0.2) is 5.76 Å². The van der Waals surface area contributed by atoms with Crippen molar-refractivity contribution in [1.82, 2.24) is 5.16 Å². The first-order chi connectivity index (χ1) is 10.3. The fraction of sp³-hybridized carbons (Fsp3) is 0.133. The Hall–Kier alpha value is -1.92. The first-order valence-electron chi connectivity index (χ1n) is 6.32. The predicted octanol–water partition coefficient (Wildman–Crippen LogP) is 4.29. The average Bonchev–Trinajstić information content (AvgIpc) is 3.16. The van der Waals surface area contributed by atoms with Crippen LogP contribution in [-0.4, -0.2) is 12.3 Å². The van der Waals surface area contributed by atoms with Crippen molar-refractivity contribution < 1.29 is 9.26 Å². The minimum atomic E-state index is 0.692. The summed E-state index contributed by atoms with van der Waals surface area (Å²) in [6, 6.07) is 11.6. The average molecular weight is 318 g/mol. The molecule has 0 aliphatic rings. The maximum Gasteiger partial charge on any atom is 0.177 e. The molecular weight excluding hydrogens is 304 g/mol. The number of rotatable bonds is 5. The summed E-state index contributed by atoms with van der Waals surface area (Å²) in [5, 5.41) is 6.12. The summed E-state index contributed by atoms with van der Waals surface area (Å²) in [7, 11) is 1.64. The monoisotopic (exact) mass is 318 g/mol. The number of hydrogen-bond acceptors (Lipinski definition) is 6. The van der Waals surface area contributed by atoms with Crippen molar-refractivity contribution in [3.05, 3.63) is 47.5 Å². The molecule has 2 heterocycles. The van der Waals surface area contributed by atoms with E-state index in [4.69, 9.17) is 15.0 Å². The van der Waals surface area contributed by atoms with Gasteiger partial charge in [-0.05, 0) is 23.6 Å². The maximum atomic E-state index is 5.75. The first-order valence-corrected chi connectivity index (χ1v) is 8.18. The van der Waals surface area contributed by atoms with E-state index in [1.165, 1.54) is 0 Å². The van der Waals surface area contributed by atoms with Gasteiger partial charge in [0.2, 0.25) is 0 Å². The molecule has 0 saturated carbocycles. The maximum absolute atomic E-state index is 5.75. The second-order valence-corrected chi connectivity index (χ2v) is 6.32. The molecule has 1 aromatic carbocycles. The van der Waals surface area contributed by atoms with Crippen LogP contribution < -0.4 is 10.5 Å².